The maximum Gasteiger partial charge on any atom is 0.253 e. The minimum Gasteiger partial charge on any atom is -0.368 e. The van der Waals surface area contributed by atoms with E-state index in [0.29, 0.717) is 23.8 Å². The molecule has 0 spiro atoms. The highest BCUT2D eigenvalue weighted by atomic mass is 16.5. The molecule has 2 fully saturated rings. The molecule has 2 N–H and O–H groups in total. The average Bonchev–Trinajstić information content (AvgIpc) is 3.12. The molecule has 1 aromatic rings. The molecule has 0 aromatic heterocycles. The molecule has 1 aliphatic heterocycles. The van der Waals surface area contributed by atoms with Crippen LogP contribution in [0.25, 0.3) is 0 Å². The third kappa shape index (κ3) is 4.15. The Balaban J connectivity index is 1.55. The van der Waals surface area contributed by atoms with Crippen LogP contribution in [0, 0.1) is 5.92 Å². The van der Waals surface area contributed by atoms with E-state index in [4.69, 9.17) is 4.74 Å². The molecule has 5 heteroatoms. The Morgan fingerprint density at radius 2 is 1.79 bits per heavy atom. The fourth-order valence-corrected chi connectivity index (χ4v) is 3.49. The standard InChI is InChI=1S/C19H26N2O3/c1-13-5-2-3-6-16(13)21-18(22)14-8-10-15(11-9-14)20-19(23)17-7-4-12-24-17/h8-11,13,16-17H,2-7,12H2,1H3,(H,20,23)(H,21,22)/t13-,16+,17-/m1/s1. The van der Waals surface area contributed by atoms with Gasteiger partial charge in [-0.3, -0.25) is 9.59 Å². The normalized spacial score (nSPS) is 26.8. The van der Waals surface area contributed by atoms with Crippen molar-refractivity contribution in [2.24, 2.45) is 5.92 Å². The van der Waals surface area contributed by atoms with Crippen LogP contribution in [0.15, 0.2) is 24.3 Å². The van der Waals surface area contributed by atoms with Crippen molar-refractivity contribution in [3.8, 4) is 0 Å². The van der Waals surface area contributed by atoms with Crippen molar-refractivity contribution in [3.05, 3.63) is 29.8 Å². The fourth-order valence-electron chi connectivity index (χ4n) is 3.49. The number of carbonyl (C=O) groups excluding carboxylic acids is 2. The lowest BCUT2D eigenvalue weighted by Crippen LogP contribution is -2.41. The van der Waals surface area contributed by atoms with Crippen LogP contribution in [0.1, 0.15) is 55.8 Å². The van der Waals surface area contributed by atoms with E-state index in [1.165, 1.54) is 19.3 Å². The Hall–Kier alpha value is -1.88. The van der Waals surface area contributed by atoms with Crippen LogP contribution in [0.4, 0.5) is 5.69 Å². The van der Waals surface area contributed by atoms with Gasteiger partial charge >= 0.3 is 0 Å². The summed E-state index contributed by atoms with van der Waals surface area (Å²) in [4.78, 5) is 24.4. The smallest absolute Gasteiger partial charge is 0.253 e. The summed E-state index contributed by atoms with van der Waals surface area (Å²) in [7, 11) is 0. The highest BCUT2D eigenvalue weighted by Crippen LogP contribution is 2.24. The van der Waals surface area contributed by atoms with E-state index in [2.05, 4.69) is 17.6 Å². The predicted octanol–water partition coefficient (Wildman–Crippen LogP) is 3.11. The van der Waals surface area contributed by atoms with Crippen molar-refractivity contribution in [1.29, 1.82) is 0 Å². The van der Waals surface area contributed by atoms with E-state index in [-0.39, 0.29) is 24.0 Å². The Morgan fingerprint density at radius 1 is 1.04 bits per heavy atom. The molecule has 1 heterocycles. The maximum atomic E-state index is 12.4. The van der Waals surface area contributed by atoms with Crippen LogP contribution in [0.3, 0.4) is 0 Å². The van der Waals surface area contributed by atoms with Crippen molar-refractivity contribution in [2.45, 2.75) is 57.6 Å². The van der Waals surface area contributed by atoms with Gasteiger partial charge in [-0.05, 0) is 55.9 Å². The van der Waals surface area contributed by atoms with Gasteiger partial charge in [0.25, 0.3) is 11.8 Å². The summed E-state index contributed by atoms with van der Waals surface area (Å²) in [6.45, 7) is 2.85. The number of nitrogens with one attached hydrogen (secondary N) is 2. The molecular weight excluding hydrogens is 304 g/mol. The number of hydrogen-bond acceptors (Lipinski definition) is 3. The Morgan fingerprint density at radius 3 is 2.46 bits per heavy atom. The average molecular weight is 330 g/mol. The van der Waals surface area contributed by atoms with Crippen molar-refractivity contribution < 1.29 is 14.3 Å². The monoisotopic (exact) mass is 330 g/mol. The first-order valence-electron chi connectivity index (χ1n) is 8.97. The van der Waals surface area contributed by atoms with Crippen LogP contribution < -0.4 is 10.6 Å². The molecule has 1 saturated carbocycles. The lowest BCUT2D eigenvalue weighted by Gasteiger charge is -2.29. The largest absolute Gasteiger partial charge is 0.368 e. The Bertz CT molecular complexity index is 579. The molecule has 3 rings (SSSR count). The van der Waals surface area contributed by atoms with E-state index in [1.807, 2.05) is 0 Å². The van der Waals surface area contributed by atoms with Crippen molar-refractivity contribution in [2.75, 3.05) is 11.9 Å². The van der Waals surface area contributed by atoms with Gasteiger partial charge in [-0.1, -0.05) is 19.8 Å². The zero-order valence-electron chi connectivity index (χ0n) is 14.2. The molecule has 2 amide bonds. The van der Waals surface area contributed by atoms with Gasteiger partial charge in [0.1, 0.15) is 6.10 Å². The first-order chi connectivity index (χ1) is 11.6. The number of rotatable bonds is 4. The van der Waals surface area contributed by atoms with Gasteiger partial charge in [0, 0.05) is 23.9 Å². The van der Waals surface area contributed by atoms with E-state index in [9.17, 15) is 9.59 Å². The second kappa shape index (κ2) is 7.79. The summed E-state index contributed by atoms with van der Waals surface area (Å²) in [6.07, 6.45) is 6.03. The zero-order valence-corrected chi connectivity index (χ0v) is 14.2. The third-order valence-electron chi connectivity index (χ3n) is 5.06. The molecule has 1 saturated heterocycles. The van der Waals surface area contributed by atoms with Gasteiger partial charge in [-0.15, -0.1) is 0 Å². The number of ether oxygens (including phenoxy) is 1. The van der Waals surface area contributed by atoms with Gasteiger partial charge in [0.2, 0.25) is 0 Å². The lowest BCUT2D eigenvalue weighted by atomic mass is 9.86. The topological polar surface area (TPSA) is 67.4 Å². The summed E-state index contributed by atoms with van der Waals surface area (Å²) in [5.41, 5.74) is 1.32. The van der Waals surface area contributed by atoms with Crippen LogP contribution in [0.5, 0.6) is 0 Å². The molecule has 5 nitrogen and oxygen atoms in total. The van der Waals surface area contributed by atoms with E-state index >= 15 is 0 Å². The van der Waals surface area contributed by atoms with Gasteiger partial charge in [0.15, 0.2) is 0 Å². The van der Waals surface area contributed by atoms with Crippen molar-refractivity contribution in [3.63, 3.8) is 0 Å². The molecule has 24 heavy (non-hydrogen) atoms. The summed E-state index contributed by atoms with van der Waals surface area (Å²) >= 11 is 0. The summed E-state index contributed by atoms with van der Waals surface area (Å²) in [5, 5.41) is 5.99. The van der Waals surface area contributed by atoms with Crippen LogP contribution >= 0.6 is 0 Å². The maximum absolute atomic E-state index is 12.4. The summed E-state index contributed by atoms with van der Waals surface area (Å²) in [5.74, 6) is 0.388. The highest BCUT2D eigenvalue weighted by molar-refractivity contribution is 5.97. The van der Waals surface area contributed by atoms with Gasteiger partial charge < -0.3 is 15.4 Å². The number of hydrogen-bond donors (Lipinski definition) is 2. The van der Waals surface area contributed by atoms with E-state index in [0.717, 1.165) is 19.3 Å². The third-order valence-corrected chi connectivity index (χ3v) is 5.06. The van der Waals surface area contributed by atoms with E-state index in [1.54, 1.807) is 24.3 Å². The quantitative estimate of drug-likeness (QED) is 0.891. The first-order valence-corrected chi connectivity index (χ1v) is 8.97. The fraction of sp³-hybridized carbons (Fsp3) is 0.579. The Kier molecular flexibility index (Phi) is 5.51. The number of anilines is 1. The van der Waals surface area contributed by atoms with Crippen LogP contribution in [-0.4, -0.2) is 30.6 Å². The first kappa shape index (κ1) is 17.0. The van der Waals surface area contributed by atoms with Crippen molar-refractivity contribution in [1.82, 2.24) is 5.32 Å². The molecule has 0 radical (unpaired) electrons. The highest BCUT2D eigenvalue weighted by Gasteiger charge is 2.24. The zero-order chi connectivity index (χ0) is 16.9. The molecule has 1 aliphatic carbocycles. The van der Waals surface area contributed by atoms with Crippen LogP contribution in [-0.2, 0) is 9.53 Å². The molecule has 0 bridgehead atoms. The van der Waals surface area contributed by atoms with Crippen LogP contribution in [0.2, 0.25) is 0 Å². The van der Waals surface area contributed by atoms with E-state index < -0.39 is 0 Å². The number of amides is 2. The molecule has 130 valence electrons. The molecule has 2 aliphatic rings. The second-order valence-corrected chi connectivity index (χ2v) is 6.91. The minimum absolute atomic E-state index is 0.0363. The summed E-state index contributed by atoms with van der Waals surface area (Å²) < 4.78 is 5.37. The number of benzene rings is 1. The van der Waals surface area contributed by atoms with Gasteiger partial charge in [-0.2, -0.15) is 0 Å². The molecule has 1 aromatic carbocycles. The second-order valence-electron chi connectivity index (χ2n) is 6.91. The van der Waals surface area contributed by atoms with Crippen molar-refractivity contribution >= 4 is 17.5 Å². The SMILES string of the molecule is C[C@@H]1CCCC[C@@H]1NC(=O)c1ccc(NC(=O)[C@H]2CCCO2)cc1. The summed E-state index contributed by atoms with van der Waals surface area (Å²) in [6, 6.07) is 7.32. The Labute approximate surface area is 143 Å². The van der Waals surface area contributed by atoms with Gasteiger partial charge in [-0.25, -0.2) is 0 Å². The molecule has 0 unspecified atom stereocenters. The minimum atomic E-state index is -0.347. The predicted molar refractivity (Wildman–Crippen MR) is 92.9 cm³/mol. The number of carbonyl (C=O) groups is 2. The molecule has 3 atom stereocenters. The molecular formula is C19H26N2O3. The van der Waals surface area contributed by atoms with Gasteiger partial charge in [0.05, 0.1) is 0 Å². The lowest BCUT2D eigenvalue weighted by molar-refractivity contribution is -0.124.